The van der Waals surface area contributed by atoms with Crippen molar-refractivity contribution >= 4 is 29.4 Å². The minimum Gasteiger partial charge on any atom is -0.454 e. The normalized spacial score (nSPS) is 24.3. The van der Waals surface area contributed by atoms with Crippen LogP contribution in [0.15, 0.2) is 18.2 Å². The first kappa shape index (κ1) is 20.2. The number of benzene rings is 1. The molecule has 4 rings (SSSR count). The fourth-order valence-corrected chi connectivity index (χ4v) is 4.22. The summed E-state index contributed by atoms with van der Waals surface area (Å²) < 4.78 is 15.7. The molecule has 0 aromatic heterocycles. The van der Waals surface area contributed by atoms with Crippen LogP contribution in [-0.4, -0.2) is 47.5 Å². The number of carbonyl (C=O) groups is 4. The van der Waals surface area contributed by atoms with E-state index in [9.17, 15) is 19.2 Å². The van der Waals surface area contributed by atoms with Crippen LogP contribution >= 0.6 is 0 Å². The van der Waals surface area contributed by atoms with E-state index in [-0.39, 0.29) is 30.4 Å². The van der Waals surface area contributed by atoms with Crippen molar-refractivity contribution in [3.8, 4) is 11.5 Å². The van der Waals surface area contributed by atoms with E-state index in [0.29, 0.717) is 30.0 Å². The minimum absolute atomic E-state index is 0.119. The topological polar surface area (TPSA) is 111 Å². The highest BCUT2D eigenvalue weighted by Crippen LogP contribution is 2.39. The van der Waals surface area contributed by atoms with E-state index in [1.807, 2.05) is 0 Å². The number of likely N-dealkylation sites (tertiary alicyclic amines) is 1. The largest absolute Gasteiger partial charge is 0.454 e. The highest BCUT2D eigenvalue weighted by molar-refractivity contribution is 6.08. The molecule has 160 valence electrons. The van der Waals surface area contributed by atoms with E-state index in [1.54, 1.807) is 18.2 Å². The van der Waals surface area contributed by atoms with E-state index in [0.717, 1.165) is 17.7 Å². The van der Waals surface area contributed by atoms with Gasteiger partial charge in [0.25, 0.3) is 5.91 Å². The van der Waals surface area contributed by atoms with E-state index < -0.39 is 24.0 Å². The maximum absolute atomic E-state index is 12.6. The summed E-state index contributed by atoms with van der Waals surface area (Å²) in [5.74, 6) is -1.54. The number of ether oxygens (including phenoxy) is 3. The lowest BCUT2D eigenvalue weighted by atomic mass is 9.81. The summed E-state index contributed by atoms with van der Waals surface area (Å²) in [6.45, 7) is 3.01. The number of anilines is 1. The molecule has 4 atom stereocenters. The average Bonchev–Trinajstić information content (AvgIpc) is 3.30. The SMILES string of the molecule is C[C@H](OC(=O)[C@H](C)N1C(=O)[C@H]2CCCC[C@@H]2C1=O)C(=O)Nc1ccc2c(c1)OCO2. The molecular weight excluding hydrogens is 392 g/mol. The van der Waals surface area contributed by atoms with Crippen molar-refractivity contribution < 1.29 is 33.4 Å². The van der Waals surface area contributed by atoms with Crippen molar-refractivity contribution in [2.24, 2.45) is 11.8 Å². The van der Waals surface area contributed by atoms with Crippen LogP contribution in [0.3, 0.4) is 0 Å². The van der Waals surface area contributed by atoms with Gasteiger partial charge in [0.05, 0.1) is 11.8 Å². The molecule has 1 aromatic rings. The van der Waals surface area contributed by atoms with Crippen LogP contribution in [0.1, 0.15) is 39.5 Å². The van der Waals surface area contributed by atoms with Crippen molar-refractivity contribution in [2.45, 2.75) is 51.7 Å². The molecule has 9 nitrogen and oxygen atoms in total. The number of nitrogens with zero attached hydrogens (tertiary/aromatic N) is 1. The molecule has 1 N–H and O–H groups in total. The summed E-state index contributed by atoms with van der Waals surface area (Å²) >= 11 is 0. The third-order valence-corrected chi connectivity index (χ3v) is 5.91. The number of rotatable bonds is 5. The van der Waals surface area contributed by atoms with Crippen molar-refractivity contribution in [1.29, 1.82) is 0 Å². The quantitative estimate of drug-likeness (QED) is 0.576. The molecule has 0 spiro atoms. The lowest BCUT2D eigenvalue weighted by Gasteiger charge is -2.23. The zero-order valence-electron chi connectivity index (χ0n) is 16.9. The van der Waals surface area contributed by atoms with E-state index in [2.05, 4.69) is 5.32 Å². The zero-order valence-corrected chi connectivity index (χ0v) is 16.9. The molecule has 1 aliphatic carbocycles. The van der Waals surface area contributed by atoms with Crippen molar-refractivity contribution in [2.75, 3.05) is 12.1 Å². The smallest absolute Gasteiger partial charge is 0.329 e. The number of imide groups is 1. The molecule has 2 heterocycles. The van der Waals surface area contributed by atoms with Crippen molar-refractivity contribution in [3.05, 3.63) is 18.2 Å². The van der Waals surface area contributed by atoms with Crippen LogP contribution in [0, 0.1) is 11.8 Å². The van der Waals surface area contributed by atoms with Gasteiger partial charge in [0.1, 0.15) is 6.04 Å². The van der Waals surface area contributed by atoms with Gasteiger partial charge in [-0.1, -0.05) is 12.8 Å². The summed E-state index contributed by atoms with van der Waals surface area (Å²) in [6.07, 6.45) is 2.04. The fourth-order valence-electron chi connectivity index (χ4n) is 4.22. The monoisotopic (exact) mass is 416 g/mol. The summed E-state index contributed by atoms with van der Waals surface area (Å²) in [6, 6.07) is 3.85. The Morgan fingerprint density at radius 3 is 2.37 bits per heavy atom. The van der Waals surface area contributed by atoms with E-state index >= 15 is 0 Å². The Hall–Kier alpha value is -3.10. The third-order valence-electron chi connectivity index (χ3n) is 5.91. The molecule has 0 radical (unpaired) electrons. The van der Waals surface area contributed by atoms with Crippen LogP contribution in [-0.2, 0) is 23.9 Å². The standard InChI is InChI=1S/C21H24N2O7/c1-11(23-19(25)14-5-3-4-6-15(14)20(23)26)21(27)30-12(2)18(24)22-13-7-8-16-17(9-13)29-10-28-16/h7-9,11-12,14-15H,3-6,10H2,1-2H3,(H,22,24)/t11-,12-,14-,15-/m0/s1. The van der Waals surface area contributed by atoms with Gasteiger partial charge in [0.2, 0.25) is 18.6 Å². The number of esters is 1. The Kier molecular flexibility index (Phi) is 5.36. The molecule has 9 heteroatoms. The van der Waals surface area contributed by atoms with Gasteiger partial charge in [-0.05, 0) is 38.8 Å². The van der Waals surface area contributed by atoms with Crippen molar-refractivity contribution in [1.82, 2.24) is 4.90 Å². The summed E-state index contributed by atoms with van der Waals surface area (Å²) in [5, 5.41) is 2.64. The average molecular weight is 416 g/mol. The molecule has 1 saturated carbocycles. The Labute approximate surface area is 173 Å². The number of hydrogen-bond acceptors (Lipinski definition) is 7. The summed E-state index contributed by atoms with van der Waals surface area (Å²) in [4.78, 5) is 51.3. The van der Waals surface area contributed by atoms with Crippen LogP contribution in [0.25, 0.3) is 0 Å². The van der Waals surface area contributed by atoms with Crippen LogP contribution in [0.5, 0.6) is 11.5 Å². The van der Waals surface area contributed by atoms with E-state index in [4.69, 9.17) is 14.2 Å². The Bertz CT molecular complexity index is 875. The number of fused-ring (bicyclic) bond motifs is 2. The lowest BCUT2D eigenvalue weighted by molar-refractivity contribution is -0.163. The van der Waals surface area contributed by atoms with Gasteiger partial charge < -0.3 is 19.5 Å². The Balaban J connectivity index is 1.36. The molecular formula is C21H24N2O7. The predicted octanol–water partition coefficient (Wildman–Crippen LogP) is 1.85. The Morgan fingerprint density at radius 1 is 1.07 bits per heavy atom. The first-order valence-corrected chi connectivity index (χ1v) is 10.1. The number of amides is 3. The van der Waals surface area contributed by atoms with Gasteiger partial charge in [0.15, 0.2) is 17.6 Å². The lowest BCUT2D eigenvalue weighted by Crippen LogP contribution is -2.46. The van der Waals surface area contributed by atoms with Gasteiger partial charge in [-0.25, -0.2) is 4.79 Å². The second kappa shape index (κ2) is 7.97. The summed E-state index contributed by atoms with van der Waals surface area (Å²) in [7, 11) is 0. The molecule has 1 saturated heterocycles. The van der Waals surface area contributed by atoms with Gasteiger partial charge in [0, 0.05) is 11.8 Å². The molecule has 3 aliphatic rings. The Morgan fingerprint density at radius 2 is 1.70 bits per heavy atom. The number of hydrogen-bond donors (Lipinski definition) is 1. The van der Waals surface area contributed by atoms with Gasteiger partial charge in [-0.3, -0.25) is 19.3 Å². The van der Waals surface area contributed by atoms with Crippen LogP contribution < -0.4 is 14.8 Å². The minimum atomic E-state index is -1.11. The van der Waals surface area contributed by atoms with Crippen molar-refractivity contribution in [3.63, 3.8) is 0 Å². The molecule has 0 bridgehead atoms. The van der Waals surface area contributed by atoms with Gasteiger partial charge >= 0.3 is 5.97 Å². The molecule has 0 unspecified atom stereocenters. The van der Waals surface area contributed by atoms with Crippen LogP contribution in [0.4, 0.5) is 5.69 Å². The third kappa shape index (κ3) is 3.59. The number of nitrogens with one attached hydrogen (secondary N) is 1. The predicted molar refractivity (Wildman–Crippen MR) is 104 cm³/mol. The zero-order chi connectivity index (χ0) is 21.4. The van der Waals surface area contributed by atoms with E-state index in [1.165, 1.54) is 13.8 Å². The van der Waals surface area contributed by atoms with Crippen LogP contribution in [0.2, 0.25) is 0 Å². The first-order chi connectivity index (χ1) is 14.4. The maximum atomic E-state index is 12.6. The molecule has 1 aromatic carbocycles. The fraction of sp³-hybridized carbons (Fsp3) is 0.524. The number of carbonyl (C=O) groups excluding carboxylic acids is 4. The molecule has 30 heavy (non-hydrogen) atoms. The summed E-state index contributed by atoms with van der Waals surface area (Å²) in [5.41, 5.74) is 0.467. The maximum Gasteiger partial charge on any atom is 0.329 e. The molecule has 2 fully saturated rings. The second-order valence-corrected chi connectivity index (χ2v) is 7.86. The highest BCUT2D eigenvalue weighted by Gasteiger charge is 2.51. The molecule has 2 aliphatic heterocycles. The molecule has 3 amide bonds. The second-order valence-electron chi connectivity index (χ2n) is 7.86. The van der Waals surface area contributed by atoms with Gasteiger partial charge in [-0.15, -0.1) is 0 Å². The van der Waals surface area contributed by atoms with Gasteiger partial charge in [-0.2, -0.15) is 0 Å². The highest BCUT2D eigenvalue weighted by atomic mass is 16.7. The first-order valence-electron chi connectivity index (χ1n) is 10.1.